The van der Waals surface area contributed by atoms with E-state index in [2.05, 4.69) is 15.9 Å². The van der Waals surface area contributed by atoms with E-state index < -0.39 is 0 Å². The molecule has 0 saturated heterocycles. The number of aryl methyl sites for hydroxylation is 1. The Morgan fingerprint density at radius 2 is 2.15 bits per heavy atom. The van der Waals surface area contributed by atoms with Crippen molar-refractivity contribution in [2.75, 3.05) is 0 Å². The highest BCUT2D eigenvalue weighted by Crippen LogP contribution is 2.22. The summed E-state index contributed by atoms with van der Waals surface area (Å²) in [6, 6.07) is 7.36. The van der Waals surface area contributed by atoms with Crippen molar-refractivity contribution in [1.82, 2.24) is 0 Å². The van der Waals surface area contributed by atoms with Crippen molar-refractivity contribution < 1.29 is 4.42 Å². The summed E-state index contributed by atoms with van der Waals surface area (Å²) in [7, 11) is 0. The summed E-state index contributed by atoms with van der Waals surface area (Å²) in [5.41, 5.74) is 0.968. The first-order valence-electron chi connectivity index (χ1n) is 3.87. The zero-order valence-corrected chi connectivity index (χ0v) is 8.59. The van der Waals surface area contributed by atoms with Gasteiger partial charge >= 0.3 is 5.63 Å². The number of benzene rings is 1. The molecule has 1 aromatic carbocycles. The van der Waals surface area contributed by atoms with E-state index in [4.69, 9.17) is 4.42 Å². The van der Waals surface area contributed by atoms with Gasteiger partial charge in [-0.15, -0.1) is 0 Å². The summed E-state index contributed by atoms with van der Waals surface area (Å²) < 4.78 is 6.03. The van der Waals surface area contributed by atoms with E-state index in [1.807, 2.05) is 18.2 Å². The summed E-state index contributed by atoms with van der Waals surface area (Å²) in [4.78, 5) is 11.2. The van der Waals surface area contributed by atoms with Crippen molar-refractivity contribution in [3.63, 3.8) is 0 Å². The third-order valence-corrected chi connectivity index (χ3v) is 2.59. The monoisotopic (exact) mass is 238 g/mol. The lowest BCUT2D eigenvalue weighted by atomic mass is 10.2. The van der Waals surface area contributed by atoms with E-state index in [0.717, 1.165) is 9.86 Å². The minimum atomic E-state index is -0.273. The molecular weight excluding hydrogens is 232 g/mol. The van der Waals surface area contributed by atoms with Crippen molar-refractivity contribution in [3.8, 4) is 0 Å². The molecule has 0 saturated carbocycles. The number of hydrogen-bond donors (Lipinski definition) is 0. The maximum absolute atomic E-state index is 11.2. The Labute approximate surface area is 83.3 Å². The maximum Gasteiger partial charge on any atom is 0.339 e. The van der Waals surface area contributed by atoms with Crippen LogP contribution in [0.5, 0.6) is 0 Å². The normalized spacial score (nSPS) is 10.6. The molecule has 3 heteroatoms. The lowest BCUT2D eigenvalue weighted by Crippen LogP contribution is -2.01. The molecular formula is C10H7BrO2. The quantitative estimate of drug-likeness (QED) is 0.661. The van der Waals surface area contributed by atoms with Crippen molar-refractivity contribution in [2.45, 2.75) is 6.92 Å². The van der Waals surface area contributed by atoms with Crippen molar-refractivity contribution >= 4 is 26.9 Å². The molecule has 2 aromatic rings. The highest BCUT2D eigenvalue weighted by atomic mass is 79.9. The molecule has 2 nitrogen and oxygen atoms in total. The molecule has 0 unspecified atom stereocenters. The molecule has 13 heavy (non-hydrogen) atoms. The van der Waals surface area contributed by atoms with Gasteiger partial charge in [-0.25, -0.2) is 4.79 Å². The minimum Gasteiger partial charge on any atom is -0.422 e. The summed E-state index contributed by atoms with van der Waals surface area (Å²) in [5, 5.41) is 0.930. The SMILES string of the molecule is Cc1cc2c(Br)cccc2oc1=O. The Bertz CT molecular complexity index is 514. The molecule has 1 aromatic heterocycles. The zero-order valence-electron chi connectivity index (χ0n) is 7.00. The number of halogens is 1. The molecule has 0 fully saturated rings. The Morgan fingerprint density at radius 3 is 2.92 bits per heavy atom. The molecule has 0 aliphatic heterocycles. The Hall–Kier alpha value is -1.09. The van der Waals surface area contributed by atoms with E-state index in [0.29, 0.717) is 11.1 Å². The topological polar surface area (TPSA) is 30.2 Å². The first kappa shape index (κ1) is 8.51. The van der Waals surface area contributed by atoms with Crippen LogP contribution in [0.25, 0.3) is 11.0 Å². The largest absolute Gasteiger partial charge is 0.422 e. The van der Waals surface area contributed by atoms with Crippen molar-refractivity contribution in [1.29, 1.82) is 0 Å². The van der Waals surface area contributed by atoms with Crippen LogP contribution in [0.4, 0.5) is 0 Å². The van der Waals surface area contributed by atoms with E-state index >= 15 is 0 Å². The fraction of sp³-hybridized carbons (Fsp3) is 0.100. The summed E-state index contributed by atoms with van der Waals surface area (Å²) in [5.74, 6) is 0. The van der Waals surface area contributed by atoms with Gasteiger partial charge in [0, 0.05) is 15.4 Å². The van der Waals surface area contributed by atoms with Crippen LogP contribution >= 0.6 is 15.9 Å². The number of hydrogen-bond acceptors (Lipinski definition) is 2. The minimum absolute atomic E-state index is 0.273. The maximum atomic E-state index is 11.2. The van der Waals surface area contributed by atoms with Gasteiger partial charge < -0.3 is 4.42 Å². The van der Waals surface area contributed by atoms with Crippen LogP contribution in [-0.2, 0) is 0 Å². The summed E-state index contributed by atoms with van der Waals surface area (Å²) in [6.07, 6.45) is 0. The van der Waals surface area contributed by atoms with Gasteiger partial charge in [0.1, 0.15) is 5.58 Å². The lowest BCUT2D eigenvalue weighted by Gasteiger charge is -1.99. The van der Waals surface area contributed by atoms with Gasteiger partial charge in [-0.05, 0) is 25.1 Å². The second-order valence-electron chi connectivity index (χ2n) is 2.87. The van der Waals surface area contributed by atoms with Crippen LogP contribution in [0.2, 0.25) is 0 Å². The highest BCUT2D eigenvalue weighted by Gasteiger charge is 2.02. The third-order valence-electron chi connectivity index (χ3n) is 1.90. The van der Waals surface area contributed by atoms with Crippen LogP contribution in [0.1, 0.15) is 5.56 Å². The number of rotatable bonds is 0. The predicted octanol–water partition coefficient (Wildman–Crippen LogP) is 2.86. The van der Waals surface area contributed by atoms with Crippen LogP contribution in [0.15, 0.2) is 37.9 Å². The number of fused-ring (bicyclic) bond motifs is 1. The molecule has 0 aliphatic rings. The van der Waals surface area contributed by atoms with Gasteiger partial charge in [0.15, 0.2) is 0 Å². The second-order valence-corrected chi connectivity index (χ2v) is 3.72. The van der Waals surface area contributed by atoms with E-state index in [1.165, 1.54) is 0 Å². The van der Waals surface area contributed by atoms with Crippen LogP contribution < -0.4 is 5.63 Å². The van der Waals surface area contributed by atoms with Gasteiger partial charge in [-0.3, -0.25) is 0 Å². The van der Waals surface area contributed by atoms with E-state index in [-0.39, 0.29) is 5.63 Å². The summed E-state index contributed by atoms with van der Waals surface area (Å²) in [6.45, 7) is 1.74. The molecule has 0 N–H and O–H groups in total. The standard InChI is InChI=1S/C10H7BrO2/c1-6-5-7-8(11)3-2-4-9(7)13-10(6)12/h2-5H,1H3. The van der Waals surface area contributed by atoms with Gasteiger partial charge in [-0.1, -0.05) is 22.0 Å². The first-order valence-corrected chi connectivity index (χ1v) is 4.67. The molecule has 1 heterocycles. The molecule has 2 rings (SSSR count). The Kier molecular flexibility index (Phi) is 1.96. The van der Waals surface area contributed by atoms with Gasteiger partial charge in [0.2, 0.25) is 0 Å². The van der Waals surface area contributed by atoms with Crippen LogP contribution in [0.3, 0.4) is 0 Å². The Morgan fingerprint density at radius 1 is 1.38 bits per heavy atom. The summed E-state index contributed by atoms with van der Waals surface area (Å²) >= 11 is 3.39. The van der Waals surface area contributed by atoms with E-state index in [9.17, 15) is 4.79 Å². The molecule has 0 radical (unpaired) electrons. The van der Waals surface area contributed by atoms with Crippen LogP contribution in [-0.4, -0.2) is 0 Å². The third kappa shape index (κ3) is 1.40. The highest BCUT2D eigenvalue weighted by molar-refractivity contribution is 9.10. The average molecular weight is 239 g/mol. The predicted molar refractivity (Wildman–Crippen MR) is 54.9 cm³/mol. The average Bonchev–Trinajstić information content (AvgIpc) is 2.09. The molecule has 0 aliphatic carbocycles. The first-order chi connectivity index (χ1) is 6.18. The van der Waals surface area contributed by atoms with E-state index in [1.54, 1.807) is 13.0 Å². The molecule has 0 bridgehead atoms. The van der Waals surface area contributed by atoms with Gasteiger partial charge in [0.25, 0.3) is 0 Å². The molecule has 0 spiro atoms. The van der Waals surface area contributed by atoms with Crippen molar-refractivity contribution in [2.24, 2.45) is 0 Å². The Balaban J connectivity index is 2.97. The second kappa shape index (κ2) is 3.00. The fourth-order valence-electron chi connectivity index (χ4n) is 1.20. The van der Waals surface area contributed by atoms with Gasteiger partial charge in [0.05, 0.1) is 0 Å². The van der Waals surface area contributed by atoms with Crippen molar-refractivity contribution in [3.05, 3.63) is 44.7 Å². The fourth-order valence-corrected chi connectivity index (χ4v) is 1.66. The lowest BCUT2D eigenvalue weighted by molar-refractivity contribution is 0.555. The van der Waals surface area contributed by atoms with Gasteiger partial charge in [-0.2, -0.15) is 0 Å². The molecule has 0 atom stereocenters. The molecule has 66 valence electrons. The van der Waals surface area contributed by atoms with Crippen LogP contribution in [0, 0.1) is 6.92 Å². The smallest absolute Gasteiger partial charge is 0.339 e. The molecule has 0 amide bonds. The zero-order chi connectivity index (χ0) is 9.42.